The lowest BCUT2D eigenvalue weighted by atomic mass is 9.85. The maximum atomic E-state index is 13.6. The molecule has 33 heavy (non-hydrogen) atoms. The quantitative estimate of drug-likeness (QED) is 0.353. The fraction of sp³-hybridized carbons (Fsp3) is 0.625. The number of amides is 2. The first-order chi connectivity index (χ1) is 15.6. The van der Waals surface area contributed by atoms with Crippen molar-refractivity contribution in [2.24, 2.45) is 5.41 Å². The topological polar surface area (TPSA) is 125 Å². The van der Waals surface area contributed by atoms with Crippen molar-refractivity contribution >= 4 is 17.8 Å². The highest BCUT2D eigenvalue weighted by Gasteiger charge is 2.45. The molecular weight excluding hydrogens is 428 g/mol. The molecule has 2 rings (SSSR count). The number of aromatic hydroxyl groups is 1. The summed E-state index contributed by atoms with van der Waals surface area (Å²) in [7, 11) is 1.27. The van der Waals surface area contributed by atoms with Crippen LogP contribution in [0.25, 0.3) is 0 Å². The molecule has 1 saturated heterocycles. The van der Waals surface area contributed by atoms with E-state index in [9.17, 15) is 19.5 Å². The van der Waals surface area contributed by atoms with Crippen molar-refractivity contribution in [1.82, 2.24) is 10.2 Å². The van der Waals surface area contributed by atoms with Crippen LogP contribution in [-0.4, -0.2) is 78.0 Å². The molecule has 1 aromatic rings. The predicted octanol–water partition coefficient (Wildman–Crippen LogP) is 1.40. The molecule has 3 atom stereocenters. The maximum absolute atomic E-state index is 13.6. The number of rotatable bonds is 10. The minimum absolute atomic E-state index is 0.0118. The number of phenolic OH excluding ortho intramolecular Hbond substituents is 1. The van der Waals surface area contributed by atoms with E-state index < -0.39 is 29.4 Å². The molecule has 9 heteroatoms. The van der Waals surface area contributed by atoms with Gasteiger partial charge in [-0.25, -0.2) is 4.79 Å². The molecule has 0 aliphatic carbocycles. The van der Waals surface area contributed by atoms with Crippen LogP contribution >= 0.6 is 0 Å². The second-order valence-electron chi connectivity index (χ2n) is 9.36. The number of aliphatic hydroxyl groups is 1. The Kier molecular flexibility index (Phi) is 9.67. The van der Waals surface area contributed by atoms with Gasteiger partial charge < -0.3 is 29.9 Å². The number of ether oxygens (including phenoxy) is 2. The number of para-hydroxylation sites is 1. The van der Waals surface area contributed by atoms with E-state index in [1.165, 1.54) is 18.1 Å². The van der Waals surface area contributed by atoms with Gasteiger partial charge >= 0.3 is 5.97 Å². The lowest BCUT2D eigenvalue weighted by Crippen LogP contribution is -2.57. The van der Waals surface area contributed by atoms with E-state index in [2.05, 4.69) is 5.32 Å². The standard InChI is InChI=1S/C24H36N2O7/c1-24(2,3)21(25-20(29)13-16-9-5-6-10-19(16)28)22(30)26-15-17(33-12-8-7-11-27)14-18(26)23(31)32-4/h5-6,9-10,17-18,21,27-28H,7-8,11-15H2,1-4H3,(H,25,29)/t17-,18+,21-/m1/s1. The second-order valence-corrected chi connectivity index (χ2v) is 9.36. The Bertz CT molecular complexity index is 821. The number of benzene rings is 1. The van der Waals surface area contributed by atoms with Gasteiger partial charge in [0.25, 0.3) is 0 Å². The van der Waals surface area contributed by atoms with E-state index in [1.54, 1.807) is 18.2 Å². The van der Waals surface area contributed by atoms with Gasteiger partial charge in [-0.2, -0.15) is 0 Å². The largest absolute Gasteiger partial charge is 0.508 e. The Balaban J connectivity index is 2.15. The zero-order chi connectivity index (χ0) is 24.6. The van der Waals surface area contributed by atoms with Crippen LogP contribution in [0.4, 0.5) is 0 Å². The Hall–Kier alpha value is -2.65. The molecule has 0 unspecified atom stereocenters. The minimum atomic E-state index is -0.892. The molecule has 3 N–H and O–H groups in total. The third-order valence-electron chi connectivity index (χ3n) is 5.69. The number of nitrogens with one attached hydrogen (secondary N) is 1. The van der Waals surface area contributed by atoms with Crippen molar-refractivity contribution in [2.45, 2.75) is 64.6 Å². The van der Waals surface area contributed by atoms with Crippen molar-refractivity contribution in [2.75, 3.05) is 26.9 Å². The average molecular weight is 465 g/mol. The van der Waals surface area contributed by atoms with E-state index in [-0.39, 0.29) is 37.3 Å². The van der Waals surface area contributed by atoms with E-state index in [4.69, 9.17) is 14.6 Å². The number of esters is 1. The highest BCUT2D eigenvalue weighted by molar-refractivity contribution is 5.92. The molecule has 2 amide bonds. The van der Waals surface area contributed by atoms with Crippen LogP contribution in [-0.2, 0) is 30.3 Å². The molecule has 0 bridgehead atoms. The number of unbranched alkanes of at least 4 members (excludes halogenated alkanes) is 1. The molecule has 1 fully saturated rings. The van der Waals surface area contributed by atoms with Crippen molar-refractivity contribution in [3.63, 3.8) is 0 Å². The Labute approximate surface area is 195 Å². The van der Waals surface area contributed by atoms with Gasteiger partial charge in [-0.3, -0.25) is 9.59 Å². The molecule has 0 radical (unpaired) electrons. The van der Waals surface area contributed by atoms with Gasteiger partial charge in [-0.1, -0.05) is 39.0 Å². The zero-order valence-electron chi connectivity index (χ0n) is 19.9. The summed E-state index contributed by atoms with van der Waals surface area (Å²) in [6.07, 6.45) is 1.18. The number of methoxy groups -OCH3 is 1. The Morgan fingerprint density at radius 2 is 1.91 bits per heavy atom. The Morgan fingerprint density at radius 1 is 1.21 bits per heavy atom. The third-order valence-corrected chi connectivity index (χ3v) is 5.69. The SMILES string of the molecule is COC(=O)[C@@H]1C[C@@H](OCCCCO)CN1C(=O)[C@@H](NC(=O)Cc1ccccc1O)C(C)(C)C. The number of aliphatic hydroxyl groups excluding tert-OH is 1. The number of phenols is 1. The van der Waals surface area contributed by atoms with Gasteiger partial charge in [0.05, 0.1) is 19.6 Å². The van der Waals surface area contributed by atoms with Crippen molar-refractivity contribution < 1.29 is 34.1 Å². The lowest BCUT2D eigenvalue weighted by molar-refractivity contribution is -0.153. The first kappa shape index (κ1) is 26.6. The molecule has 1 aromatic carbocycles. The van der Waals surface area contributed by atoms with Crippen molar-refractivity contribution in [3.8, 4) is 5.75 Å². The predicted molar refractivity (Wildman–Crippen MR) is 121 cm³/mol. The average Bonchev–Trinajstić information content (AvgIpc) is 3.19. The van der Waals surface area contributed by atoms with Crippen LogP contribution in [0.3, 0.4) is 0 Å². The number of hydrogen-bond donors (Lipinski definition) is 3. The van der Waals surface area contributed by atoms with E-state index in [0.29, 0.717) is 31.4 Å². The number of likely N-dealkylation sites (tertiary alicyclic amines) is 1. The molecule has 1 heterocycles. The summed E-state index contributed by atoms with van der Waals surface area (Å²) in [5.74, 6) is -1.31. The molecular formula is C24H36N2O7. The molecule has 1 aliphatic heterocycles. The third kappa shape index (κ3) is 7.43. The van der Waals surface area contributed by atoms with Crippen LogP contribution in [0.15, 0.2) is 24.3 Å². The van der Waals surface area contributed by atoms with Crippen molar-refractivity contribution in [1.29, 1.82) is 0 Å². The number of nitrogens with zero attached hydrogens (tertiary/aromatic N) is 1. The minimum Gasteiger partial charge on any atom is -0.508 e. The summed E-state index contributed by atoms with van der Waals surface area (Å²) in [6, 6.07) is 4.85. The Morgan fingerprint density at radius 3 is 2.52 bits per heavy atom. The van der Waals surface area contributed by atoms with Gasteiger partial charge in [-0.05, 0) is 24.3 Å². The molecule has 184 valence electrons. The monoisotopic (exact) mass is 464 g/mol. The normalized spacial score (nSPS) is 19.2. The molecule has 1 aliphatic rings. The molecule has 0 spiro atoms. The zero-order valence-corrected chi connectivity index (χ0v) is 19.9. The van der Waals surface area contributed by atoms with Crippen LogP contribution in [0.5, 0.6) is 5.75 Å². The fourth-order valence-corrected chi connectivity index (χ4v) is 3.84. The van der Waals surface area contributed by atoms with E-state index >= 15 is 0 Å². The second kappa shape index (κ2) is 12.0. The van der Waals surface area contributed by atoms with Crippen LogP contribution in [0.1, 0.15) is 45.6 Å². The number of hydrogen-bond acceptors (Lipinski definition) is 7. The van der Waals surface area contributed by atoms with Crippen LogP contribution in [0.2, 0.25) is 0 Å². The summed E-state index contributed by atoms with van der Waals surface area (Å²) in [6.45, 7) is 6.21. The van der Waals surface area contributed by atoms with Gasteiger partial charge in [0.1, 0.15) is 17.8 Å². The van der Waals surface area contributed by atoms with Gasteiger partial charge in [0.15, 0.2) is 0 Å². The summed E-state index contributed by atoms with van der Waals surface area (Å²) < 4.78 is 10.7. The molecule has 0 saturated carbocycles. The molecule has 0 aromatic heterocycles. The van der Waals surface area contributed by atoms with Gasteiger partial charge in [-0.15, -0.1) is 0 Å². The highest BCUT2D eigenvalue weighted by atomic mass is 16.5. The van der Waals surface area contributed by atoms with Crippen molar-refractivity contribution in [3.05, 3.63) is 29.8 Å². The van der Waals surface area contributed by atoms with E-state index in [1.807, 2.05) is 20.8 Å². The molecule has 9 nitrogen and oxygen atoms in total. The number of carbonyl (C=O) groups excluding carboxylic acids is 3. The number of carbonyl (C=O) groups is 3. The summed E-state index contributed by atoms with van der Waals surface area (Å²) in [4.78, 5) is 40.1. The maximum Gasteiger partial charge on any atom is 0.328 e. The summed E-state index contributed by atoms with van der Waals surface area (Å²) in [5.41, 5.74) is -0.174. The van der Waals surface area contributed by atoms with Gasteiger partial charge in [0.2, 0.25) is 11.8 Å². The lowest BCUT2D eigenvalue weighted by Gasteiger charge is -2.35. The summed E-state index contributed by atoms with van der Waals surface area (Å²) >= 11 is 0. The van der Waals surface area contributed by atoms with Crippen LogP contribution in [0, 0.1) is 5.41 Å². The van der Waals surface area contributed by atoms with Gasteiger partial charge in [0, 0.05) is 31.7 Å². The van der Waals surface area contributed by atoms with Crippen LogP contribution < -0.4 is 5.32 Å². The first-order valence-corrected chi connectivity index (χ1v) is 11.3. The highest BCUT2D eigenvalue weighted by Crippen LogP contribution is 2.28. The summed E-state index contributed by atoms with van der Waals surface area (Å²) in [5, 5.41) is 21.7. The smallest absolute Gasteiger partial charge is 0.328 e. The first-order valence-electron chi connectivity index (χ1n) is 11.3. The van der Waals surface area contributed by atoms with E-state index in [0.717, 1.165) is 0 Å². The fourth-order valence-electron chi connectivity index (χ4n) is 3.84.